The molecule has 0 aromatic heterocycles. The summed E-state index contributed by atoms with van der Waals surface area (Å²) in [7, 11) is 0. The molecule has 0 spiro atoms. The lowest BCUT2D eigenvalue weighted by Gasteiger charge is -2.08. The number of aliphatic hydroxyl groups is 1. The van der Waals surface area contributed by atoms with Gasteiger partial charge in [-0.3, -0.25) is 4.79 Å². The number of hydrogen-bond acceptors (Lipinski definition) is 3. The highest BCUT2D eigenvalue weighted by Crippen LogP contribution is 2.16. The van der Waals surface area contributed by atoms with E-state index in [-0.39, 0.29) is 5.91 Å². The van der Waals surface area contributed by atoms with Crippen LogP contribution in [0.15, 0.2) is 48.5 Å². The Balaban J connectivity index is 1.95. The molecule has 0 saturated carbocycles. The molecule has 0 aliphatic carbocycles. The van der Waals surface area contributed by atoms with E-state index in [2.05, 4.69) is 5.32 Å². The monoisotopic (exact) mass is 270 g/mol. The minimum Gasteiger partial charge on any atom is -0.399 e. The zero-order valence-corrected chi connectivity index (χ0v) is 11.3. The van der Waals surface area contributed by atoms with Gasteiger partial charge < -0.3 is 16.2 Å². The van der Waals surface area contributed by atoms with Gasteiger partial charge in [-0.2, -0.15) is 0 Å². The fourth-order valence-corrected chi connectivity index (χ4v) is 1.87. The topological polar surface area (TPSA) is 75.3 Å². The van der Waals surface area contributed by atoms with Gasteiger partial charge in [-0.15, -0.1) is 0 Å². The van der Waals surface area contributed by atoms with Gasteiger partial charge in [0.1, 0.15) is 0 Å². The Hall–Kier alpha value is -2.33. The Labute approximate surface area is 118 Å². The maximum Gasteiger partial charge on any atom is 0.228 e. The minimum atomic E-state index is -0.505. The molecule has 0 aliphatic heterocycles. The number of benzene rings is 2. The smallest absolute Gasteiger partial charge is 0.228 e. The van der Waals surface area contributed by atoms with Gasteiger partial charge in [-0.1, -0.05) is 24.3 Å². The van der Waals surface area contributed by atoms with Gasteiger partial charge in [0.2, 0.25) is 5.91 Å². The van der Waals surface area contributed by atoms with Crippen LogP contribution in [0.1, 0.15) is 24.2 Å². The Bertz CT molecular complexity index is 574. The molecular formula is C16H18N2O2. The second-order valence-electron chi connectivity index (χ2n) is 4.76. The molecular weight excluding hydrogens is 252 g/mol. The lowest BCUT2D eigenvalue weighted by atomic mass is 10.1. The summed E-state index contributed by atoms with van der Waals surface area (Å²) in [5.74, 6) is -0.0837. The minimum absolute atomic E-state index is 0.0837. The van der Waals surface area contributed by atoms with Crippen molar-refractivity contribution in [3.05, 3.63) is 59.7 Å². The molecule has 4 heteroatoms. The van der Waals surface area contributed by atoms with Crippen molar-refractivity contribution in [2.45, 2.75) is 19.4 Å². The van der Waals surface area contributed by atoms with E-state index in [1.165, 1.54) is 0 Å². The van der Waals surface area contributed by atoms with E-state index < -0.39 is 6.10 Å². The molecule has 20 heavy (non-hydrogen) atoms. The fourth-order valence-electron chi connectivity index (χ4n) is 1.87. The zero-order chi connectivity index (χ0) is 14.5. The van der Waals surface area contributed by atoms with Crippen LogP contribution in [-0.2, 0) is 11.2 Å². The highest BCUT2D eigenvalue weighted by atomic mass is 16.3. The molecule has 4 N–H and O–H groups in total. The molecule has 0 fully saturated rings. The average Bonchev–Trinajstić information content (AvgIpc) is 2.42. The summed E-state index contributed by atoms with van der Waals surface area (Å²) in [4.78, 5) is 11.9. The molecule has 1 amide bonds. The highest BCUT2D eigenvalue weighted by molar-refractivity contribution is 5.92. The number of rotatable bonds is 4. The quantitative estimate of drug-likeness (QED) is 0.747. The van der Waals surface area contributed by atoms with Crippen LogP contribution in [0.2, 0.25) is 0 Å². The number of nitrogens with one attached hydrogen (secondary N) is 1. The first-order valence-electron chi connectivity index (χ1n) is 6.47. The molecule has 0 unspecified atom stereocenters. The summed E-state index contributed by atoms with van der Waals surface area (Å²) in [5.41, 5.74) is 8.73. The molecule has 0 bridgehead atoms. The van der Waals surface area contributed by atoms with E-state index in [0.717, 1.165) is 16.8 Å². The third-order valence-corrected chi connectivity index (χ3v) is 3.02. The molecule has 0 saturated heterocycles. The lowest BCUT2D eigenvalue weighted by Crippen LogP contribution is -2.14. The normalized spacial score (nSPS) is 11.9. The highest BCUT2D eigenvalue weighted by Gasteiger charge is 2.05. The largest absolute Gasteiger partial charge is 0.399 e. The number of carbonyl (C=O) groups is 1. The first-order chi connectivity index (χ1) is 9.54. The summed E-state index contributed by atoms with van der Waals surface area (Å²) in [5, 5.41) is 12.2. The molecule has 104 valence electrons. The van der Waals surface area contributed by atoms with E-state index in [1.807, 2.05) is 12.1 Å². The van der Waals surface area contributed by atoms with Crippen LogP contribution in [-0.4, -0.2) is 11.0 Å². The van der Waals surface area contributed by atoms with Crippen LogP contribution < -0.4 is 11.1 Å². The third kappa shape index (κ3) is 3.83. The fraction of sp³-hybridized carbons (Fsp3) is 0.188. The molecule has 2 aromatic carbocycles. The van der Waals surface area contributed by atoms with Crippen LogP contribution in [0.4, 0.5) is 11.4 Å². The van der Waals surface area contributed by atoms with Gasteiger partial charge in [-0.05, 0) is 42.3 Å². The second-order valence-corrected chi connectivity index (χ2v) is 4.76. The van der Waals surface area contributed by atoms with Crippen LogP contribution in [0.25, 0.3) is 0 Å². The van der Waals surface area contributed by atoms with Gasteiger partial charge >= 0.3 is 0 Å². The maximum atomic E-state index is 11.9. The van der Waals surface area contributed by atoms with Crippen molar-refractivity contribution in [1.82, 2.24) is 0 Å². The standard InChI is InChI=1S/C16H18N2O2/c1-11(19)13-4-8-15(9-5-13)18-16(20)10-12-2-6-14(17)7-3-12/h2-9,11,19H,10,17H2,1H3,(H,18,20)/t11-/m1/s1. The lowest BCUT2D eigenvalue weighted by molar-refractivity contribution is -0.115. The molecule has 2 aromatic rings. The summed E-state index contributed by atoms with van der Waals surface area (Å²) in [6.07, 6.45) is -0.201. The number of amides is 1. The first-order valence-corrected chi connectivity index (χ1v) is 6.47. The van der Waals surface area contributed by atoms with Crippen molar-refractivity contribution in [2.75, 3.05) is 11.1 Å². The van der Waals surface area contributed by atoms with E-state index >= 15 is 0 Å². The number of nitrogens with two attached hydrogens (primary N) is 1. The first kappa shape index (κ1) is 14.1. The molecule has 4 nitrogen and oxygen atoms in total. The predicted octanol–water partition coefficient (Wildman–Crippen LogP) is 2.50. The average molecular weight is 270 g/mol. The van der Waals surface area contributed by atoms with E-state index in [0.29, 0.717) is 12.1 Å². The number of aliphatic hydroxyl groups excluding tert-OH is 1. The van der Waals surface area contributed by atoms with Gasteiger partial charge in [0.25, 0.3) is 0 Å². The third-order valence-electron chi connectivity index (χ3n) is 3.02. The molecule has 0 radical (unpaired) electrons. The molecule has 1 atom stereocenters. The van der Waals surface area contributed by atoms with Gasteiger partial charge in [-0.25, -0.2) is 0 Å². The molecule has 0 heterocycles. The van der Waals surface area contributed by atoms with Gasteiger partial charge in [0.15, 0.2) is 0 Å². The summed E-state index contributed by atoms with van der Waals surface area (Å²) in [6.45, 7) is 1.70. The van der Waals surface area contributed by atoms with Crippen molar-refractivity contribution in [2.24, 2.45) is 0 Å². The van der Waals surface area contributed by atoms with Crippen molar-refractivity contribution in [1.29, 1.82) is 0 Å². The summed E-state index contributed by atoms with van der Waals surface area (Å²) < 4.78 is 0. The number of carbonyl (C=O) groups excluding carboxylic acids is 1. The Morgan fingerprint density at radius 3 is 2.30 bits per heavy atom. The van der Waals surface area contributed by atoms with Crippen LogP contribution in [0.5, 0.6) is 0 Å². The number of nitrogen functional groups attached to an aromatic ring is 1. The molecule has 2 rings (SSSR count). The van der Waals surface area contributed by atoms with Crippen molar-refractivity contribution < 1.29 is 9.90 Å². The number of anilines is 2. The Morgan fingerprint density at radius 1 is 1.15 bits per heavy atom. The van der Waals surface area contributed by atoms with Gasteiger partial charge in [0, 0.05) is 11.4 Å². The molecule has 0 aliphatic rings. The zero-order valence-electron chi connectivity index (χ0n) is 11.3. The van der Waals surface area contributed by atoms with E-state index in [9.17, 15) is 9.90 Å². The summed E-state index contributed by atoms with van der Waals surface area (Å²) in [6, 6.07) is 14.4. The maximum absolute atomic E-state index is 11.9. The van der Waals surface area contributed by atoms with Crippen molar-refractivity contribution in [3.63, 3.8) is 0 Å². The van der Waals surface area contributed by atoms with Crippen LogP contribution in [0.3, 0.4) is 0 Å². The Morgan fingerprint density at radius 2 is 1.75 bits per heavy atom. The van der Waals surface area contributed by atoms with E-state index in [1.54, 1.807) is 43.3 Å². The van der Waals surface area contributed by atoms with Gasteiger partial charge in [0.05, 0.1) is 12.5 Å². The van der Waals surface area contributed by atoms with E-state index in [4.69, 9.17) is 5.73 Å². The van der Waals surface area contributed by atoms with Crippen molar-refractivity contribution in [3.8, 4) is 0 Å². The Kier molecular flexibility index (Phi) is 4.38. The predicted molar refractivity (Wildman–Crippen MR) is 80.3 cm³/mol. The van der Waals surface area contributed by atoms with Crippen LogP contribution in [0, 0.1) is 0 Å². The number of hydrogen-bond donors (Lipinski definition) is 3. The van der Waals surface area contributed by atoms with Crippen molar-refractivity contribution >= 4 is 17.3 Å². The second kappa shape index (κ2) is 6.21. The summed E-state index contributed by atoms with van der Waals surface area (Å²) >= 11 is 0. The SMILES string of the molecule is C[C@@H](O)c1ccc(NC(=O)Cc2ccc(N)cc2)cc1. The van der Waals surface area contributed by atoms with Crippen LogP contribution >= 0.6 is 0 Å².